The van der Waals surface area contributed by atoms with Gasteiger partial charge in [0, 0.05) is 0 Å². The van der Waals surface area contributed by atoms with E-state index in [9.17, 15) is 0 Å². The number of hydrogen-bond donors (Lipinski definition) is 0. The molecule has 0 spiro atoms. The molecule has 2 fully saturated rings. The highest BCUT2D eigenvalue weighted by atomic mass is 14.8. The van der Waals surface area contributed by atoms with E-state index >= 15 is 0 Å². The van der Waals surface area contributed by atoms with Crippen molar-refractivity contribution in [3.8, 4) is 0 Å². The SMILES string of the molecule is c1ccc2c(c1)C1[C@@H]3[C@@H]1[C@H]1c4ccccc4[C@H]3C21. The van der Waals surface area contributed by atoms with Gasteiger partial charge in [0.05, 0.1) is 0 Å². The summed E-state index contributed by atoms with van der Waals surface area (Å²) in [6.07, 6.45) is 0. The van der Waals surface area contributed by atoms with Crippen molar-refractivity contribution in [3.63, 3.8) is 0 Å². The van der Waals surface area contributed by atoms with Crippen molar-refractivity contribution in [2.24, 2.45) is 11.8 Å². The normalized spacial score (nSPS) is 43.6. The molecule has 0 saturated heterocycles. The Kier molecular flexibility index (Phi) is 1.15. The van der Waals surface area contributed by atoms with Gasteiger partial charge in [0.25, 0.3) is 0 Å². The van der Waals surface area contributed by atoms with Gasteiger partial charge in [-0.25, -0.2) is 0 Å². The number of benzene rings is 2. The molecule has 2 aromatic rings. The fourth-order valence-electron chi connectivity index (χ4n) is 5.83. The molecule has 18 heavy (non-hydrogen) atoms. The number of fused-ring (bicyclic) bond motifs is 1. The molecule has 0 aromatic heterocycles. The Bertz CT molecular complexity index is 662. The van der Waals surface area contributed by atoms with Crippen LogP contribution in [0.15, 0.2) is 48.5 Å². The van der Waals surface area contributed by atoms with Crippen molar-refractivity contribution >= 4 is 0 Å². The first-order chi connectivity index (χ1) is 8.97. The summed E-state index contributed by atoms with van der Waals surface area (Å²) in [6, 6.07) is 18.5. The van der Waals surface area contributed by atoms with Gasteiger partial charge in [-0.15, -0.1) is 0 Å². The lowest BCUT2D eigenvalue weighted by atomic mass is 9.72. The fraction of sp³-hybridized carbons (Fsp3) is 0.333. The monoisotopic (exact) mass is 230 g/mol. The molecule has 0 heterocycles. The van der Waals surface area contributed by atoms with Crippen molar-refractivity contribution in [2.45, 2.75) is 23.7 Å². The average molecular weight is 230 g/mol. The maximum Gasteiger partial charge on any atom is -0.00152 e. The van der Waals surface area contributed by atoms with E-state index in [4.69, 9.17) is 0 Å². The molecule has 5 aliphatic carbocycles. The lowest BCUT2D eigenvalue weighted by molar-refractivity contribution is 0.477. The first-order valence-corrected chi connectivity index (χ1v) is 7.14. The molecule has 0 unspecified atom stereocenters. The van der Waals surface area contributed by atoms with Gasteiger partial charge in [-0.05, 0) is 57.8 Å². The molecule has 0 N–H and O–H groups in total. The molecule has 7 rings (SSSR count). The van der Waals surface area contributed by atoms with E-state index in [2.05, 4.69) is 48.5 Å². The zero-order valence-corrected chi connectivity index (χ0v) is 10.1. The largest absolute Gasteiger partial charge is 0.0620 e. The Labute approximate surface area is 107 Å². The van der Waals surface area contributed by atoms with Gasteiger partial charge in [-0.1, -0.05) is 48.5 Å². The molecule has 0 nitrogen and oxygen atoms in total. The van der Waals surface area contributed by atoms with Crippen LogP contribution in [-0.4, -0.2) is 0 Å². The third kappa shape index (κ3) is 0.669. The Morgan fingerprint density at radius 3 is 1.33 bits per heavy atom. The Balaban J connectivity index is 1.69. The summed E-state index contributed by atoms with van der Waals surface area (Å²) in [4.78, 5) is 0. The van der Waals surface area contributed by atoms with Gasteiger partial charge in [-0.3, -0.25) is 0 Å². The zero-order chi connectivity index (χ0) is 11.4. The van der Waals surface area contributed by atoms with Crippen LogP contribution in [0.2, 0.25) is 0 Å². The molecule has 2 saturated carbocycles. The van der Waals surface area contributed by atoms with E-state index in [0.29, 0.717) is 0 Å². The van der Waals surface area contributed by atoms with E-state index in [1.807, 2.05) is 0 Å². The molecule has 86 valence electrons. The fourth-order valence-corrected chi connectivity index (χ4v) is 5.83. The van der Waals surface area contributed by atoms with Gasteiger partial charge < -0.3 is 0 Å². The minimum atomic E-state index is 0.818. The van der Waals surface area contributed by atoms with E-state index in [-0.39, 0.29) is 0 Å². The maximum absolute atomic E-state index is 2.40. The second-order valence-corrected chi connectivity index (χ2v) is 6.52. The van der Waals surface area contributed by atoms with E-state index in [1.165, 1.54) is 0 Å². The lowest BCUT2D eigenvalue weighted by Gasteiger charge is -2.31. The molecule has 2 aromatic carbocycles. The highest BCUT2D eigenvalue weighted by Crippen LogP contribution is 2.85. The molecular formula is C18H14. The summed E-state index contributed by atoms with van der Waals surface area (Å²) >= 11 is 0. The summed E-state index contributed by atoms with van der Waals surface area (Å²) in [6.45, 7) is 0. The van der Waals surface area contributed by atoms with Crippen molar-refractivity contribution in [3.05, 3.63) is 70.8 Å². The maximum atomic E-state index is 2.40. The van der Waals surface area contributed by atoms with Gasteiger partial charge in [0.1, 0.15) is 0 Å². The molecule has 4 atom stereocenters. The third-order valence-electron chi connectivity index (χ3n) is 6.16. The van der Waals surface area contributed by atoms with Crippen LogP contribution in [0.3, 0.4) is 0 Å². The highest BCUT2D eigenvalue weighted by molar-refractivity contribution is 5.62. The van der Waals surface area contributed by atoms with Crippen LogP contribution >= 0.6 is 0 Å². The van der Waals surface area contributed by atoms with Crippen LogP contribution in [0.4, 0.5) is 0 Å². The topological polar surface area (TPSA) is 0 Å². The highest BCUT2D eigenvalue weighted by Gasteiger charge is 2.74. The lowest BCUT2D eigenvalue weighted by Crippen LogP contribution is -2.17. The van der Waals surface area contributed by atoms with Crippen LogP contribution in [0, 0.1) is 11.8 Å². The molecule has 0 heteroatoms. The minimum Gasteiger partial charge on any atom is -0.0620 e. The summed E-state index contributed by atoms with van der Waals surface area (Å²) in [7, 11) is 0. The van der Waals surface area contributed by atoms with E-state index in [1.54, 1.807) is 22.3 Å². The average Bonchev–Trinajstić information content (AvgIpc) is 3.00. The summed E-state index contributed by atoms with van der Waals surface area (Å²) in [5, 5.41) is 0. The first-order valence-electron chi connectivity index (χ1n) is 7.14. The molecule has 0 radical (unpaired) electrons. The second-order valence-electron chi connectivity index (χ2n) is 6.52. The predicted molar refractivity (Wildman–Crippen MR) is 70.8 cm³/mol. The third-order valence-corrected chi connectivity index (χ3v) is 6.16. The van der Waals surface area contributed by atoms with Crippen molar-refractivity contribution in [1.82, 2.24) is 0 Å². The molecule has 0 aliphatic heterocycles. The smallest absolute Gasteiger partial charge is 0.00152 e. The quantitative estimate of drug-likeness (QED) is 0.641. The van der Waals surface area contributed by atoms with Crippen molar-refractivity contribution in [1.29, 1.82) is 0 Å². The molecule has 5 aliphatic rings. The van der Waals surface area contributed by atoms with Gasteiger partial charge in [0.2, 0.25) is 0 Å². The number of hydrogen-bond acceptors (Lipinski definition) is 0. The zero-order valence-electron chi connectivity index (χ0n) is 10.1. The molecule has 6 bridgehead atoms. The second kappa shape index (κ2) is 2.42. The summed E-state index contributed by atoms with van der Waals surface area (Å²) < 4.78 is 0. The minimum absolute atomic E-state index is 0.818. The predicted octanol–water partition coefficient (Wildman–Crippen LogP) is 4.01. The Morgan fingerprint density at radius 2 is 0.833 bits per heavy atom. The van der Waals surface area contributed by atoms with Crippen LogP contribution in [0.5, 0.6) is 0 Å². The summed E-state index contributed by atoms with van der Waals surface area (Å²) in [5.41, 5.74) is 6.74. The van der Waals surface area contributed by atoms with E-state index in [0.717, 1.165) is 35.5 Å². The molecular weight excluding hydrogens is 216 g/mol. The first kappa shape index (κ1) is 8.53. The molecule has 0 amide bonds. The standard InChI is InChI=1S/C18H14/c1-4-8-12-9(5-1)13-14-10-6-2-3-7-11(10)15(13)18-16(12)17(14)18/h1-8,13-18H/t13?,14-,15-,16?,17+,18+/m0/s1. The van der Waals surface area contributed by atoms with Gasteiger partial charge in [0.15, 0.2) is 0 Å². The van der Waals surface area contributed by atoms with Crippen LogP contribution in [-0.2, 0) is 0 Å². The van der Waals surface area contributed by atoms with Crippen LogP contribution in [0.1, 0.15) is 45.9 Å². The Hall–Kier alpha value is -1.56. The van der Waals surface area contributed by atoms with Gasteiger partial charge in [-0.2, -0.15) is 0 Å². The Morgan fingerprint density at radius 1 is 0.444 bits per heavy atom. The van der Waals surface area contributed by atoms with E-state index < -0.39 is 0 Å². The summed E-state index contributed by atoms with van der Waals surface area (Å²) in [5.74, 6) is 5.41. The van der Waals surface area contributed by atoms with Crippen molar-refractivity contribution < 1.29 is 0 Å². The van der Waals surface area contributed by atoms with Crippen molar-refractivity contribution in [2.75, 3.05) is 0 Å². The number of rotatable bonds is 0. The van der Waals surface area contributed by atoms with Crippen LogP contribution in [0.25, 0.3) is 0 Å². The van der Waals surface area contributed by atoms with Gasteiger partial charge >= 0.3 is 0 Å². The van der Waals surface area contributed by atoms with Crippen LogP contribution < -0.4 is 0 Å².